The maximum atomic E-state index is 12.0. The van der Waals surface area contributed by atoms with Crippen LogP contribution in [0.25, 0.3) is 0 Å². The first kappa shape index (κ1) is 15.6. The minimum Gasteiger partial charge on any atom is -0.300 e. The standard InChI is InChI=1S/C17H24O2/c1-12(13(2)18)10-14-6-8-15(9-7-14)16(19)11-17(3,4)5/h6-9,12H,10-11H2,1-5H3/t12-/m0/s1. The summed E-state index contributed by atoms with van der Waals surface area (Å²) in [7, 11) is 0. The summed E-state index contributed by atoms with van der Waals surface area (Å²) >= 11 is 0. The van der Waals surface area contributed by atoms with E-state index in [-0.39, 0.29) is 22.9 Å². The largest absolute Gasteiger partial charge is 0.300 e. The number of rotatable bonds is 5. The third kappa shape index (κ3) is 5.37. The van der Waals surface area contributed by atoms with E-state index in [2.05, 4.69) is 20.8 Å². The summed E-state index contributed by atoms with van der Waals surface area (Å²) in [6, 6.07) is 7.65. The molecule has 1 atom stereocenters. The third-order valence-electron chi connectivity index (χ3n) is 3.20. The number of benzene rings is 1. The van der Waals surface area contributed by atoms with Crippen molar-refractivity contribution >= 4 is 11.6 Å². The van der Waals surface area contributed by atoms with Crippen LogP contribution >= 0.6 is 0 Å². The first-order chi connectivity index (χ1) is 8.69. The van der Waals surface area contributed by atoms with Gasteiger partial charge in [-0.1, -0.05) is 52.0 Å². The molecule has 0 saturated heterocycles. The van der Waals surface area contributed by atoms with Gasteiger partial charge in [-0.15, -0.1) is 0 Å². The Bertz CT molecular complexity index is 449. The molecular formula is C17H24O2. The van der Waals surface area contributed by atoms with E-state index >= 15 is 0 Å². The summed E-state index contributed by atoms with van der Waals surface area (Å²) in [5.74, 6) is 0.419. The van der Waals surface area contributed by atoms with Gasteiger partial charge in [-0.2, -0.15) is 0 Å². The van der Waals surface area contributed by atoms with Crippen LogP contribution in [-0.2, 0) is 11.2 Å². The van der Waals surface area contributed by atoms with E-state index in [4.69, 9.17) is 0 Å². The number of Topliss-reactive ketones (excluding diaryl/α,β-unsaturated/α-hetero) is 2. The van der Waals surface area contributed by atoms with Crippen molar-refractivity contribution in [3.8, 4) is 0 Å². The van der Waals surface area contributed by atoms with E-state index < -0.39 is 0 Å². The lowest BCUT2D eigenvalue weighted by atomic mass is 9.87. The molecule has 2 nitrogen and oxygen atoms in total. The van der Waals surface area contributed by atoms with Gasteiger partial charge in [0.1, 0.15) is 5.78 Å². The van der Waals surface area contributed by atoms with Gasteiger partial charge in [0.15, 0.2) is 5.78 Å². The molecule has 1 aromatic carbocycles. The molecule has 0 fully saturated rings. The summed E-state index contributed by atoms with van der Waals surface area (Å²) < 4.78 is 0. The Labute approximate surface area is 116 Å². The zero-order valence-corrected chi connectivity index (χ0v) is 12.6. The number of carbonyl (C=O) groups is 2. The molecule has 104 valence electrons. The predicted molar refractivity (Wildman–Crippen MR) is 78.4 cm³/mol. The van der Waals surface area contributed by atoms with Crippen LogP contribution in [0.2, 0.25) is 0 Å². The second-order valence-corrected chi connectivity index (χ2v) is 6.57. The SMILES string of the molecule is CC(=O)[C@@H](C)Cc1ccc(C(=O)CC(C)(C)C)cc1. The summed E-state index contributed by atoms with van der Waals surface area (Å²) in [4.78, 5) is 23.3. The molecule has 0 aliphatic carbocycles. The Morgan fingerprint density at radius 1 is 1.11 bits per heavy atom. The maximum absolute atomic E-state index is 12.0. The van der Waals surface area contributed by atoms with Gasteiger partial charge in [-0.3, -0.25) is 9.59 Å². The molecular weight excluding hydrogens is 236 g/mol. The molecule has 1 rings (SSSR count). The highest BCUT2D eigenvalue weighted by Gasteiger charge is 2.17. The fraction of sp³-hybridized carbons (Fsp3) is 0.529. The molecule has 0 amide bonds. The number of hydrogen-bond acceptors (Lipinski definition) is 2. The molecule has 1 aromatic rings. The number of ketones is 2. The maximum Gasteiger partial charge on any atom is 0.163 e. The second-order valence-electron chi connectivity index (χ2n) is 6.57. The smallest absolute Gasteiger partial charge is 0.163 e. The van der Waals surface area contributed by atoms with Crippen LogP contribution in [0.3, 0.4) is 0 Å². The molecule has 0 heterocycles. The van der Waals surface area contributed by atoms with Crippen molar-refractivity contribution in [2.75, 3.05) is 0 Å². The molecule has 0 bridgehead atoms. The van der Waals surface area contributed by atoms with E-state index in [1.54, 1.807) is 6.92 Å². The highest BCUT2D eigenvalue weighted by Crippen LogP contribution is 2.22. The van der Waals surface area contributed by atoms with Crippen molar-refractivity contribution < 1.29 is 9.59 Å². The number of hydrogen-bond donors (Lipinski definition) is 0. The van der Waals surface area contributed by atoms with Gasteiger partial charge >= 0.3 is 0 Å². The molecule has 0 saturated carbocycles. The van der Waals surface area contributed by atoms with Gasteiger partial charge in [-0.25, -0.2) is 0 Å². The van der Waals surface area contributed by atoms with Crippen molar-refractivity contribution in [1.82, 2.24) is 0 Å². The van der Waals surface area contributed by atoms with Crippen molar-refractivity contribution in [1.29, 1.82) is 0 Å². The van der Waals surface area contributed by atoms with Crippen LogP contribution in [-0.4, -0.2) is 11.6 Å². The summed E-state index contributed by atoms with van der Waals surface area (Å²) in [6.07, 6.45) is 1.29. The van der Waals surface area contributed by atoms with Crippen LogP contribution in [0.1, 0.15) is 57.0 Å². The fourth-order valence-electron chi connectivity index (χ4n) is 1.91. The Morgan fingerprint density at radius 2 is 1.63 bits per heavy atom. The molecule has 0 aliphatic rings. The van der Waals surface area contributed by atoms with Crippen molar-refractivity contribution in [2.45, 2.75) is 47.5 Å². The lowest BCUT2D eigenvalue weighted by Gasteiger charge is -2.16. The molecule has 0 aromatic heterocycles. The van der Waals surface area contributed by atoms with Gasteiger partial charge in [0, 0.05) is 17.9 Å². The summed E-state index contributed by atoms with van der Waals surface area (Å²) in [5.41, 5.74) is 1.88. The summed E-state index contributed by atoms with van der Waals surface area (Å²) in [6.45, 7) is 9.74. The van der Waals surface area contributed by atoms with E-state index in [0.29, 0.717) is 6.42 Å². The third-order valence-corrected chi connectivity index (χ3v) is 3.20. The van der Waals surface area contributed by atoms with Gasteiger partial charge in [0.25, 0.3) is 0 Å². The van der Waals surface area contributed by atoms with E-state index in [9.17, 15) is 9.59 Å². The quantitative estimate of drug-likeness (QED) is 0.748. The molecule has 0 unspecified atom stereocenters. The fourth-order valence-corrected chi connectivity index (χ4v) is 1.91. The average Bonchev–Trinajstić information content (AvgIpc) is 2.27. The lowest BCUT2D eigenvalue weighted by molar-refractivity contribution is -0.120. The molecule has 2 heteroatoms. The van der Waals surface area contributed by atoms with E-state index in [0.717, 1.165) is 17.5 Å². The van der Waals surface area contributed by atoms with E-state index in [1.165, 1.54) is 0 Å². The van der Waals surface area contributed by atoms with Gasteiger partial charge in [0.05, 0.1) is 0 Å². The molecule has 0 aliphatic heterocycles. The normalized spacial score (nSPS) is 13.1. The molecule has 0 radical (unpaired) electrons. The zero-order chi connectivity index (χ0) is 14.6. The second kappa shape index (κ2) is 6.14. The minimum atomic E-state index is 0.0128. The van der Waals surface area contributed by atoms with Crippen LogP contribution in [0.4, 0.5) is 0 Å². The Balaban J connectivity index is 2.71. The van der Waals surface area contributed by atoms with Crippen molar-refractivity contribution in [3.05, 3.63) is 35.4 Å². The van der Waals surface area contributed by atoms with Crippen molar-refractivity contribution in [3.63, 3.8) is 0 Å². The molecule has 19 heavy (non-hydrogen) atoms. The molecule has 0 N–H and O–H groups in total. The Morgan fingerprint density at radius 3 is 2.05 bits per heavy atom. The van der Waals surface area contributed by atoms with Gasteiger partial charge in [-0.05, 0) is 24.3 Å². The zero-order valence-electron chi connectivity index (χ0n) is 12.6. The lowest BCUT2D eigenvalue weighted by Crippen LogP contribution is -2.13. The first-order valence-electron chi connectivity index (χ1n) is 6.81. The highest BCUT2D eigenvalue weighted by molar-refractivity contribution is 5.96. The van der Waals surface area contributed by atoms with E-state index in [1.807, 2.05) is 31.2 Å². The number of carbonyl (C=O) groups excluding carboxylic acids is 2. The van der Waals surface area contributed by atoms with Crippen LogP contribution in [0, 0.1) is 11.3 Å². The highest BCUT2D eigenvalue weighted by atomic mass is 16.1. The monoisotopic (exact) mass is 260 g/mol. The predicted octanol–water partition coefficient (Wildman–Crippen LogP) is 4.07. The van der Waals surface area contributed by atoms with Crippen LogP contribution in [0.15, 0.2) is 24.3 Å². The van der Waals surface area contributed by atoms with Crippen LogP contribution in [0.5, 0.6) is 0 Å². The topological polar surface area (TPSA) is 34.1 Å². The van der Waals surface area contributed by atoms with Gasteiger partial charge < -0.3 is 0 Å². The van der Waals surface area contributed by atoms with Crippen molar-refractivity contribution in [2.24, 2.45) is 11.3 Å². The first-order valence-corrected chi connectivity index (χ1v) is 6.81. The Kier molecular flexibility index (Phi) is 5.04. The minimum absolute atomic E-state index is 0.0128. The Hall–Kier alpha value is -1.44. The summed E-state index contributed by atoms with van der Waals surface area (Å²) in [5, 5.41) is 0. The van der Waals surface area contributed by atoms with Crippen LogP contribution < -0.4 is 0 Å². The molecule has 0 spiro atoms. The average molecular weight is 260 g/mol. The van der Waals surface area contributed by atoms with Gasteiger partial charge in [0.2, 0.25) is 0 Å².